The van der Waals surface area contributed by atoms with Crippen molar-refractivity contribution < 1.29 is 27.4 Å². The number of alkyl halides is 3. The van der Waals surface area contributed by atoms with E-state index in [0.717, 1.165) is 13.2 Å². The first-order valence-corrected chi connectivity index (χ1v) is 4.92. The normalized spacial score (nSPS) is 11.1. The molecule has 1 heterocycles. The number of pyridine rings is 1. The standard InChI is InChI=1S/C8H5F3INO3/c1-15-7(14)6-4(16-8(9,10)11)2-3-5(12)13-6/h2-3H,1H3. The molecule has 0 aliphatic heterocycles. The number of esters is 1. The third kappa shape index (κ3) is 3.51. The van der Waals surface area contributed by atoms with Crippen molar-refractivity contribution in [1.29, 1.82) is 0 Å². The van der Waals surface area contributed by atoms with Crippen LogP contribution in [0, 0.1) is 3.70 Å². The van der Waals surface area contributed by atoms with Crippen LogP contribution < -0.4 is 4.74 Å². The van der Waals surface area contributed by atoms with Crippen molar-refractivity contribution in [2.24, 2.45) is 0 Å². The molecule has 0 spiro atoms. The average molecular weight is 347 g/mol. The third-order valence-electron chi connectivity index (χ3n) is 1.43. The Labute approximate surface area is 102 Å². The van der Waals surface area contributed by atoms with Crippen LogP contribution in [0.25, 0.3) is 0 Å². The molecule has 0 aliphatic rings. The van der Waals surface area contributed by atoms with Gasteiger partial charge in [0.1, 0.15) is 3.70 Å². The van der Waals surface area contributed by atoms with Gasteiger partial charge in [0.05, 0.1) is 7.11 Å². The second-order valence-electron chi connectivity index (χ2n) is 2.52. The van der Waals surface area contributed by atoms with E-state index >= 15 is 0 Å². The molecule has 0 amide bonds. The molecule has 0 unspecified atom stereocenters. The molecule has 8 heteroatoms. The average Bonchev–Trinajstić information content (AvgIpc) is 2.17. The van der Waals surface area contributed by atoms with Crippen LogP contribution in [0.15, 0.2) is 12.1 Å². The second-order valence-corrected chi connectivity index (χ2v) is 3.63. The Hall–Kier alpha value is -1.06. The second kappa shape index (κ2) is 4.85. The van der Waals surface area contributed by atoms with Gasteiger partial charge < -0.3 is 9.47 Å². The van der Waals surface area contributed by atoms with E-state index in [9.17, 15) is 18.0 Å². The molecule has 0 aromatic carbocycles. The Morgan fingerprint density at radius 2 is 2.06 bits per heavy atom. The summed E-state index contributed by atoms with van der Waals surface area (Å²) in [5, 5.41) is 0. The number of nitrogens with zero attached hydrogens (tertiary/aromatic N) is 1. The van der Waals surface area contributed by atoms with Crippen molar-refractivity contribution in [2.75, 3.05) is 7.11 Å². The van der Waals surface area contributed by atoms with Gasteiger partial charge in [-0.2, -0.15) is 0 Å². The Kier molecular flexibility index (Phi) is 3.94. The zero-order valence-electron chi connectivity index (χ0n) is 7.84. The van der Waals surface area contributed by atoms with E-state index in [0.29, 0.717) is 3.70 Å². The predicted molar refractivity (Wildman–Crippen MR) is 55.0 cm³/mol. The number of methoxy groups -OCH3 is 1. The highest BCUT2D eigenvalue weighted by atomic mass is 127. The molecule has 0 aliphatic carbocycles. The number of rotatable bonds is 2. The fourth-order valence-electron chi connectivity index (χ4n) is 0.873. The van der Waals surface area contributed by atoms with Crippen molar-refractivity contribution in [2.45, 2.75) is 6.36 Å². The van der Waals surface area contributed by atoms with Gasteiger partial charge in [-0.15, -0.1) is 13.2 Å². The summed E-state index contributed by atoms with van der Waals surface area (Å²) in [6.07, 6.45) is -4.88. The van der Waals surface area contributed by atoms with Crippen molar-refractivity contribution in [1.82, 2.24) is 4.98 Å². The van der Waals surface area contributed by atoms with Gasteiger partial charge in [0, 0.05) is 0 Å². The van der Waals surface area contributed by atoms with E-state index < -0.39 is 23.8 Å². The lowest BCUT2D eigenvalue weighted by atomic mass is 10.3. The van der Waals surface area contributed by atoms with Gasteiger partial charge >= 0.3 is 12.3 Å². The van der Waals surface area contributed by atoms with Crippen LogP contribution in [-0.2, 0) is 4.74 Å². The molecule has 16 heavy (non-hydrogen) atoms. The van der Waals surface area contributed by atoms with Crippen molar-refractivity contribution in [3.05, 3.63) is 21.5 Å². The molecule has 1 rings (SSSR count). The highest BCUT2D eigenvalue weighted by molar-refractivity contribution is 14.1. The molecular weight excluding hydrogens is 342 g/mol. The molecule has 0 fully saturated rings. The molecule has 0 saturated carbocycles. The van der Waals surface area contributed by atoms with Gasteiger partial charge in [0.15, 0.2) is 11.4 Å². The minimum Gasteiger partial charge on any atom is -0.464 e. The molecule has 1 aromatic rings. The predicted octanol–water partition coefficient (Wildman–Crippen LogP) is 2.37. The van der Waals surface area contributed by atoms with Crippen molar-refractivity contribution in [3.63, 3.8) is 0 Å². The molecule has 1 aromatic heterocycles. The van der Waals surface area contributed by atoms with E-state index in [1.54, 1.807) is 22.6 Å². The topological polar surface area (TPSA) is 48.4 Å². The van der Waals surface area contributed by atoms with Gasteiger partial charge in [-0.3, -0.25) is 0 Å². The maximum Gasteiger partial charge on any atom is 0.573 e. The summed E-state index contributed by atoms with van der Waals surface area (Å²) in [6, 6.07) is 2.29. The maximum absolute atomic E-state index is 12.0. The largest absolute Gasteiger partial charge is 0.573 e. The summed E-state index contributed by atoms with van der Waals surface area (Å²) in [4.78, 5) is 14.8. The lowest BCUT2D eigenvalue weighted by Crippen LogP contribution is -2.20. The molecular formula is C8H5F3INO3. The lowest BCUT2D eigenvalue weighted by Gasteiger charge is -2.11. The summed E-state index contributed by atoms with van der Waals surface area (Å²) in [5.74, 6) is -1.67. The van der Waals surface area contributed by atoms with Crippen molar-refractivity contribution >= 4 is 28.6 Å². The maximum atomic E-state index is 12.0. The Morgan fingerprint density at radius 3 is 2.56 bits per heavy atom. The SMILES string of the molecule is COC(=O)c1nc(I)ccc1OC(F)(F)F. The number of carbonyl (C=O) groups is 1. The first-order valence-electron chi connectivity index (χ1n) is 3.84. The molecule has 0 atom stereocenters. The number of halogens is 4. The van der Waals surface area contributed by atoms with Gasteiger partial charge in [0.25, 0.3) is 0 Å². The van der Waals surface area contributed by atoms with Crippen LogP contribution in [0.3, 0.4) is 0 Å². The summed E-state index contributed by atoms with van der Waals surface area (Å²) in [5.41, 5.74) is -0.508. The molecule has 4 nitrogen and oxygen atoms in total. The van der Waals surface area contributed by atoms with Gasteiger partial charge in [-0.1, -0.05) is 0 Å². The quantitative estimate of drug-likeness (QED) is 0.468. The van der Waals surface area contributed by atoms with E-state index in [4.69, 9.17) is 0 Å². The zero-order valence-corrected chi connectivity index (χ0v) is 10.00. The summed E-state index contributed by atoms with van der Waals surface area (Å²) in [6.45, 7) is 0. The van der Waals surface area contributed by atoms with E-state index in [1.165, 1.54) is 6.07 Å². The fourth-order valence-corrected chi connectivity index (χ4v) is 1.29. The first kappa shape index (κ1) is 13.0. The summed E-state index contributed by atoms with van der Waals surface area (Å²) in [7, 11) is 1.04. The first-order chi connectivity index (χ1) is 7.33. The van der Waals surface area contributed by atoms with E-state index in [-0.39, 0.29) is 0 Å². The van der Waals surface area contributed by atoms with E-state index in [1.807, 2.05) is 0 Å². The van der Waals surface area contributed by atoms with Crippen LogP contribution in [0.2, 0.25) is 0 Å². The molecule has 0 N–H and O–H groups in total. The Morgan fingerprint density at radius 1 is 1.44 bits per heavy atom. The van der Waals surface area contributed by atoms with Crippen LogP contribution in [0.4, 0.5) is 13.2 Å². The van der Waals surface area contributed by atoms with Crippen molar-refractivity contribution in [3.8, 4) is 5.75 Å². The van der Waals surface area contributed by atoms with Crippen LogP contribution in [0.1, 0.15) is 10.5 Å². The van der Waals surface area contributed by atoms with E-state index in [2.05, 4.69) is 14.5 Å². The summed E-state index contributed by atoms with van der Waals surface area (Å²) < 4.78 is 44.2. The third-order valence-corrected chi connectivity index (χ3v) is 2.03. The number of aromatic nitrogens is 1. The van der Waals surface area contributed by atoms with Crippen LogP contribution in [-0.4, -0.2) is 24.4 Å². The van der Waals surface area contributed by atoms with Gasteiger partial charge in [-0.25, -0.2) is 9.78 Å². The molecule has 0 saturated heterocycles. The molecule has 88 valence electrons. The number of carbonyl (C=O) groups excluding carboxylic acids is 1. The number of ether oxygens (including phenoxy) is 2. The monoisotopic (exact) mass is 347 g/mol. The fraction of sp³-hybridized carbons (Fsp3) is 0.250. The number of hydrogen-bond donors (Lipinski definition) is 0. The Balaban J connectivity index is 3.13. The smallest absolute Gasteiger partial charge is 0.464 e. The summed E-state index contributed by atoms with van der Waals surface area (Å²) >= 11 is 1.75. The molecule has 0 radical (unpaired) electrons. The minimum absolute atomic E-state index is 0.354. The molecule has 0 bridgehead atoms. The number of hydrogen-bond acceptors (Lipinski definition) is 4. The Bertz CT molecular complexity index is 408. The minimum atomic E-state index is -4.88. The van der Waals surface area contributed by atoms with Crippen LogP contribution >= 0.6 is 22.6 Å². The highest BCUT2D eigenvalue weighted by Gasteiger charge is 2.33. The zero-order chi connectivity index (χ0) is 12.3. The van der Waals surface area contributed by atoms with Gasteiger partial charge in [-0.05, 0) is 34.7 Å². The van der Waals surface area contributed by atoms with Crippen LogP contribution in [0.5, 0.6) is 5.75 Å². The highest BCUT2D eigenvalue weighted by Crippen LogP contribution is 2.26. The van der Waals surface area contributed by atoms with Gasteiger partial charge in [0.2, 0.25) is 0 Å². The lowest BCUT2D eigenvalue weighted by molar-refractivity contribution is -0.274.